The van der Waals surface area contributed by atoms with Crippen LogP contribution in [0, 0.1) is 10.8 Å². The summed E-state index contributed by atoms with van der Waals surface area (Å²) in [7, 11) is 3.31. The second-order valence-corrected chi connectivity index (χ2v) is 10.2. The minimum Gasteiger partial charge on any atom is -0.497 e. The van der Waals surface area contributed by atoms with Gasteiger partial charge in [-0.2, -0.15) is 0 Å². The minimum atomic E-state index is 0.306. The normalized spacial score (nSPS) is 12.2. The Balaban J connectivity index is 1.20. The van der Waals surface area contributed by atoms with Crippen LogP contribution >= 0.6 is 0 Å². The molecule has 0 atom stereocenters. The number of unbranched alkanes of at least 4 members (excludes halogenated alkanes) is 2. The van der Waals surface area contributed by atoms with E-state index >= 15 is 0 Å². The fourth-order valence-electron chi connectivity index (χ4n) is 5.27. The summed E-state index contributed by atoms with van der Waals surface area (Å²) in [6, 6.07) is 24.0. The standard InChI is InChI=1S/C34H37N3O4/c1-38-26-11-7-13-28(21-26)40-17-5-3-9-23-15-16-30-25(19-23)20-24(31-32(30)34(36)37-33(31)35)10-4-6-18-41-29-14-8-12-27(22-29)39-2/h7-8,11-16,19-22H,3-6,9-10,17-18H2,1-2H3,(H3,35,36,37). The molecule has 0 unspecified atom stereocenters. The second-order valence-electron chi connectivity index (χ2n) is 10.2. The van der Waals surface area contributed by atoms with E-state index in [2.05, 4.69) is 29.6 Å². The molecule has 0 aromatic heterocycles. The van der Waals surface area contributed by atoms with Gasteiger partial charge in [-0.15, -0.1) is 0 Å². The van der Waals surface area contributed by atoms with Crippen LogP contribution in [-0.2, 0) is 12.8 Å². The van der Waals surface area contributed by atoms with Gasteiger partial charge >= 0.3 is 0 Å². The number of benzene rings is 4. The number of rotatable bonds is 14. The largest absolute Gasteiger partial charge is 0.497 e. The lowest BCUT2D eigenvalue weighted by atomic mass is 9.91. The predicted octanol–water partition coefficient (Wildman–Crippen LogP) is 6.91. The maximum Gasteiger partial charge on any atom is 0.132 e. The molecular weight excluding hydrogens is 514 g/mol. The van der Waals surface area contributed by atoms with Gasteiger partial charge in [0.1, 0.15) is 34.7 Å². The van der Waals surface area contributed by atoms with Crippen LogP contribution in [0.5, 0.6) is 23.0 Å². The summed E-state index contributed by atoms with van der Waals surface area (Å²) in [5, 5.41) is 22.1. The Bertz CT molecular complexity index is 1550. The van der Waals surface area contributed by atoms with Gasteiger partial charge in [0.25, 0.3) is 0 Å². The van der Waals surface area contributed by atoms with Crippen LogP contribution in [0.4, 0.5) is 0 Å². The van der Waals surface area contributed by atoms with Crippen molar-refractivity contribution in [3.8, 4) is 23.0 Å². The van der Waals surface area contributed by atoms with Crippen molar-refractivity contribution in [1.29, 1.82) is 10.8 Å². The summed E-state index contributed by atoms with van der Waals surface area (Å²) in [6.45, 7) is 1.27. The third-order valence-corrected chi connectivity index (χ3v) is 7.36. The number of nitrogens with one attached hydrogen (secondary N) is 3. The topological polar surface area (TPSA) is 96.7 Å². The molecule has 5 rings (SSSR count). The third kappa shape index (κ3) is 6.80. The molecule has 0 bridgehead atoms. The summed E-state index contributed by atoms with van der Waals surface area (Å²) >= 11 is 0. The number of aryl methyl sites for hydroxylation is 2. The maximum atomic E-state index is 8.51. The summed E-state index contributed by atoms with van der Waals surface area (Å²) in [6.07, 6.45) is 5.56. The molecule has 0 amide bonds. The van der Waals surface area contributed by atoms with Crippen LogP contribution < -0.4 is 24.3 Å². The summed E-state index contributed by atoms with van der Waals surface area (Å²) < 4.78 is 22.3. The van der Waals surface area contributed by atoms with Gasteiger partial charge in [0.2, 0.25) is 0 Å². The summed E-state index contributed by atoms with van der Waals surface area (Å²) in [5.74, 6) is 3.82. The SMILES string of the molecule is COc1cccc(OCCCCc2ccc3c4c(c(CCCCOc5cccc(OC)c5)cc3c2)C(=N)NC4=N)c1. The molecule has 0 fully saturated rings. The van der Waals surface area contributed by atoms with E-state index in [-0.39, 0.29) is 0 Å². The van der Waals surface area contributed by atoms with Gasteiger partial charge in [-0.1, -0.05) is 36.4 Å². The van der Waals surface area contributed by atoms with Crippen molar-refractivity contribution < 1.29 is 18.9 Å². The zero-order valence-corrected chi connectivity index (χ0v) is 23.7. The van der Waals surface area contributed by atoms with Crippen molar-refractivity contribution in [2.24, 2.45) is 0 Å². The van der Waals surface area contributed by atoms with Gasteiger partial charge in [-0.3, -0.25) is 10.8 Å². The van der Waals surface area contributed by atoms with Crippen LogP contribution in [0.3, 0.4) is 0 Å². The smallest absolute Gasteiger partial charge is 0.132 e. The van der Waals surface area contributed by atoms with E-state index in [4.69, 9.17) is 29.8 Å². The first-order chi connectivity index (χ1) is 20.1. The molecule has 0 radical (unpaired) electrons. The fraction of sp³-hybridized carbons (Fsp3) is 0.294. The quantitative estimate of drug-likeness (QED) is 0.148. The van der Waals surface area contributed by atoms with Crippen molar-refractivity contribution in [1.82, 2.24) is 5.32 Å². The second kappa shape index (κ2) is 13.2. The minimum absolute atomic E-state index is 0.306. The van der Waals surface area contributed by atoms with Crippen LogP contribution in [0.2, 0.25) is 0 Å². The van der Waals surface area contributed by atoms with E-state index in [9.17, 15) is 0 Å². The van der Waals surface area contributed by atoms with E-state index in [1.807, 2.05) is 48.5 Å². The van der Waals surface area contributed by atoms with Gasteiger partial charge in [0.15, 0.2) is 0 Å². The molecule has 0 spiro atoms. The van der Waals surface area contributed by atoms with Gasteiger partial charge < -0.3 is 24.3 Å². The van der Waals surface area contributed by atoms with E-state index in [0.717, 1.165) is 89.0 Å². The molecule has 7 nitrogen and oxygen atoms in total. The van der Waals surface area contributed by atoms with Gasteiger partial charge in [-0.05, 0) is 84.7 Å². The van der Waals surface area contributed by atoms with Crippen LogP contribution in [0.25, 0.3) is 10.8 Å². The number of hydrogen-bond donors (Lipinski definition) is 3. The number of ether oxygens (including phenoxy) is 4. The number of hydrogen-bond acceptors (Lipinski definition) is 6. The molecule has 0 saturated heterocycles. The Morgan fingerprint density at radius 2 is 1.20 bits per heavy atom. The molecule has 212 valence electrons. The van der Waals surface area contributed by atoms with Gasteiger partial charge in [0, 0.05) is 23.3 Å². The van der Waals surface area contributed by atoms with E-state index in [1.165, 1.54) is 5.56 Å². The number of fused-ring (bicyclic) bond motifs is 3. The molecule has 3 N–H and O–H groups in total. The third-order valence-electron chi connectivity index (χ3n) is 7.36. The van der Waals surface area contributed by atoms with Crippen LogP contribution in [-0.4, -0.2) is 39.1 Å². The Morgan fingerprint density at radius 3 is 1.83 bits per heavy atom. The predicted molar refractivity (Wildman–Crippen MR) is 164 cm³/mol. The van der Waals surface area contributed by atoms with E-state index in [0.29, 0.717) is 24.9 Å². The molecule has 4 aromatic rings. The molecule has 4 aromatic carbocycles. The summed E-state index contributed by atoms with van der Waals surface area (Å²) in [5.41, 5.74) is 4.08. The van der Waals surface area contributed by atoms with Gasteiger partial charge in [0.05, 0.1) is 27.4 Å². The Kier molecular flexibility index (Phi) is 9.04. The summed E-state index contributed by atoms with van der Waals surface area (Å²) in [4.78, 5) is 0. The maximum absolute atomic E-state index is 8.51. The lowest BCUT2D eigenvalue weighted by Gasteiger charge is -2.13. The van der Waals surface area contributed by atoms with Crippen molar-refractivity contribution in [3.63, 3.8) is 0 Å². The molecule has 7 heteroatoms. The van der Waals surface area contributed by atoms with Crippen LogP contribution in [0.15, 0.2) is 72.8 Å². The lowest BCUT2D eigenvalue weighted by Crippen LogP contribution is -2.20. The van der Waals surface area contributed by atoms with Crippen molar-refractivity contribution in [2.45, 2.75) is 38.5 Å². The first kappa shape index (κ1) is 28.0. The Morgan fingerprint density at radius 1 is 0.610 bits per heavy atom. The van der Waals surface area contributed by atoms with Crippen molar-refractivity contribution in [2.75, 3.05) is 27.4 Å². The van der Waals surface area contributed by atoms with E-state index in [1.54, 1.807) is 14.2 Å². The van der Waals surface area contributed by atoms with Gasteiger partial charge in [-0.25, -0.2) is 0 Å². The zero-order valence-electron chi connectivity index (χ0n) is 23.7. The number of amidine groups is 2. The molecule has 1 aliphatic rings. The first-order valence-electron chi connectivity index (χ1n) is 14.1. The highest BCUT2D eigenvalue weighted by molar-refractivity contribution is 6.28. The van der Waals surface area contributed by atoms with Crippen LogP contribution in [0.1, 0.15) is 47.9 Å². The fourth-order valence-corrected chi connectivity index (χ4v) is 5.27. The molecule has 41 heavy (non-hydrogen) atoms. The van der Waals surface area contributed by atoms with Crippen molar-refractivity contribution >= 4 is 22.4 Å². The lowest BCUT2D eigenvalue weighted by molar-refractivity contribution is 0.304. The van der Waals surface area contributed by atoms with Crippen molar-refractivity contribution in [3.05, 3.63) is 95.1 Å². The monoisotopic (exact) mass is 551 g/mol. The zero-order chi connectivity index (χ0) is 28.6. The highest BCUT2D eigenvalue weighted by atomic mass is 16.5. The highest BCUT2D eigenvalue weighted by Crippen LogP contribution is 2.31. The average Bonchev–Trinajstić information content (AvgIpc) is 3.30. The Labute approximate surface area is 241 Å². The molecule has 1 heterocycles. The molecule has 0 saturated carbocycles. The molecule has 1 aliphatic heterocycles. The first-order valence-corrected chi connectivity index (χ1v) is 14.1. The number of methoxy groups -OCH3 is 2. The van der Waals surface area contributed by atoms with E-state index < -0.39 is 0 Å². The molecule has 0 aliphatic carbocycles. The highest BCUT2D eigenvalue weighted by Gasteiger charge is 2.26. The average molecular weight is 552 g/mol. The molecular formula is C34H37N3O4. The Hall–Kier alpha value is -4.52.